The van der Waals surface area contributed by atoms with Crippen LogP contribution in [0.15, 0.2) is 35.6 Å². The Labute approximate surface area is 162 Å². The maximum absolute atomic E-state index is 12.2. The van der Waals surface area contributed by atoms with Crippen molar-refractivity contribution in [2.75, 3.05) is 12.3 Å². The highest BCUT2D eigenvalue weighted by molar-refractivity contribution is 7.99. The molecular formula is C19H24N6OS. The van der Waals surface area contributed by atoms with E-state index < -0.39 is 0 Å². The van der Waals surface area contributed by atoms with Gasteiger partial charge in [0.2, 0.25) is 11.1 Å². The molecule has 8 heteroatoms. The molecule has 0 bridgehead atoms. The van der Waals surface area contributed by atoms with Gasteiger partial charge in [0.15, 0.2) is 0 Å². The molecule has 4 rings (SSSR count). The number of amides is 1. The van der Waals surface area contributed by atoms with E-state index in [-0.39, 0.29) is 5.91 Å². The molecule has 0 atom stereocenters. The van der Waals surface area contributed by atoms with Crippen molar-refractivity contribution in [3.05, 3.63) is 36.0 Å². The number of aromatic amines is 1. The van der Waals surface area contributed by atoms with Crippen molar-refractivity contribution in [3.8, 4) is 0 Å². The highest BCUT2D eigenvalue weighted by Crippen LogP contribution is 2.30. The number of para-hydroxylation sites is 1. The summed E-state index contributed by atoms with van der Waals surface area (Å²) in [5, 5.41) is 17.0. The highest BCUT2D eigenvalue weighted by atomic mass is 32.2. The molecule has 1 amide bonds. The highest BCUT2D eigenvalue weighted by Gasteiger charge is 2.20. The van der Waals surface area contributed by atoms with Crippen LogP contribution in [-0.2, 0) is 11.2 Å². The van der Waals surface area contributed by atoms with E-state index in [9.17, 15) is 4.79 Å². The molecule has 2 aromatic heterocycles. The van der Waals surface area contributed by atoms with Gasteiger partial charge in [-0.1, -0.05) is 49.2 Å². The van der Waals surface area contributed by atoms with Gasteiger partial charge in [-0.3, -0.25) is 4.79 Å². The monoisotopic (exact) mass is 384 g/mol. The fourth-order valence-corrected chi connectivity index (χ4v) is 4.47. The lowest BCUT2D eigenvalue weighted by molar-refractivity contribution is -0.118. The fourth-order valence-electron chi connectivity index (χ4n) is 3.69. The van der Waals surface area contributed by atoms with Gasteiger partial charge < -0.3 is 10.3 Å². The van der Waals surface area contributed by atoms with Crippen molar-refractivity contribution in [3.63, 3.8) is 0 Å². The van der Waals surface area contributed by atoms with Gasteiger partial charge in [-0.15, -0.1) is 5.10 Å². The van der Waals surface area contributed by atoms with Crippen LogP contribution in [0.25, 0.3) is 10.9 Å². The van der Waals surface area contributed by atoms with E-state index in [1.807, 2.05) is 23.0 Å². The van der Waals surface area contributed by atoms with E-state index in [2.05, 4.69) is 38.0 Å². The average Bonchev–Trinajstić information content (AvgIpc) is 3.34. The molecule has 0 radical (unpaired) electrons. The molecule has 2 N–H and O–H groups in total. The number of fused-ring (bicyclic) bond motifs is 1. The normalized spacial score (nSPS) is 15.3. The molecule has 0 aliphatic heterocycles. The first-order chi connectivity index (χ1) is 13.3. The van der Waals surface area contributed by atoms with Gasteiger partial charge in [0.25, 0.3) is 0 Å². The van der Waals surface area contributed by atoms with Gasteiger partial charge in [0.1, 0.15) is 0 Å². The summed E-state index contributed by atoms with van der Waals surface area (Å²) in [4.78, 5) is 15.5. The second kappa shape index (κ2) is 8.56. The minimum atomic E-state index is 0.0121. The van der Waals surface area contributed by atoms with Crippen LogP contribution in [0.5, 0.6) is 0 Å². The first kappa shape index (κ1) is 18.0. The standard InChI is InChI=1S/C19H24N6OS/c26-18(20-11-10-14-12-21-17-9-5-4-8-16(14)17)13-27-19-22-23-24-25(19)15-6-2-1-3-7-15/h4-5,8-9,12,15,21H,1-3,6-7,10-11,13H2,(H,20,26). The van der Waals surface area contributed by atoms with E-state index in [0.717, 1.165) is 29.9 Å². The van der Waals surface area contributed by atoms with Crippen molar-refractivity contribution >= 4 is 28.6 Å². The number of benzene rings is 1. The maximum atomic E-state index is 12.2. The summed E-state index contributed by atoms with van der Waals surface area (Å²) >= 11 is 1.41. The summed E-state index contributed by atoms with van der Waals surface area (Å²) in [5.74, 6) is 0.346. The lowest BCUT2D eigenvalue weighted by atomic mass is 9.96. The van der Waals surface area contributed by atoms with E-state index in [1.165, 1.54) is 42.0 Å². The van der Waals surface area contributed by atoms with E-state index in [1.54, 1.807) is 0 Å². The number of hydrogen-bond acceptors (Lipinski definition) is 5. The van der Waals surface area contributed by atoms with Crippen LogP contribution >= 0.6 is 11.8 Å². The number of thioether (sulfide) groups is 1. The number of nitrogens with one attached hydrogen (secondary N) is 2. The second-order valence-electron chi connectivity index (χ2n) is 6.95. The number of H-pyrrole nitrogens is 1. The van der Waals surface area contributed by atoms with Gasteiger partial charge in [-0.2, -0.15) is 0 Å². The molecule has 1 aromatic carbocycles. The molecule has 0 saturated heterocycles. The molecule has 0 spiro atoms. The Balaban J connectivity index is 1.25. The Morgan fingerprint density at radius 1 is 1.26 bits per heavy atom. The van der Waals surface area contributed by atoms with Crippen molar-refractivity contribution in [1.82, 2.24) is 30.5 Å². The number of tetrazole rings is 1. The Morgan fingerprint density at radius 2 is 2.11 bits per heavy atom. The van der Waals surface area contributed by atoms with E-state index >= 15 is 0 Å². The predicted octanol–water partition coefficient (Wildman–Crippen LogP) is 3.11. The number of carbonyl (C=O) groups is 1. The molecule has 27 heavy (non-hydrogen) atoms. The average molecular weight is 385 g/mol. The first-order valence-corrected chi connectivity index (χ1v) is 10.5. The Morgan fingerprint density at radius 3 is 3.00 bits per heavy atom. The summed E-state index contributed by atoms with van der Waals surface area (Å²) in [5.41, 5.74) is 2.35. The van der Waals surface area contributed by atoms with Crippen LogP contribution in [0.1, 0.15) is 43.7 Å². The molecule has 3 aromatic rings. The van der Waals surface area contributed by atoms with Crippen LogP contribution in [0, 0.1) is 0 Å². The largest absolute Gasteiger partial charge is 0.361 e. The molecule has 1 fully saturated rings. The third-order valence-electron chi connectivity index (χ3n) is 5.11. The van der Waals surface area contributed by atoms with Gasteiger partial charge in [-0.25, -0.2) is 4.68 Å². The minimum absolute atomic E-state index is 0.0121. The molecular weight excluding hydrogens is 360 g/mol. The third kappa shape index (κ3) is 4.32. The summed E-state index contributed by atoms with van der Waals surface area (Å²) in [6, 6.07) is 8.59. The zero-order valence-corrected chi connectivity index (χ0v) is 16.0. The van der Waals surface area contributed by atoms with Gasteiger partial charge >= 0.3 is 0 Å². The number of hydrogen-bond donors (Lipinski definition) is 2. The smallest absolute Gasteiger partial charge is 0.230 e. The quantitative estimate of drug-likeness (QED) is 0.611. The van der Waals surface area contributed by atoms with Crippen molar-refractivity contribution in [2.24, 2.45) is 0 Å². The molecule has 7 nitrogen and oxygen atoms in total. The third-order valence-corrected chi connectivity index (χ3v) is 6.04. The zero-order valence-electron chi connectivity index (χ0n) is 15.2. The van der Waals surface area contributed by atoms with E-state index in [4.69, 9.17) is 0 Å². The van der Waals surface area contributed by atoms with Gasteiger partial charge in [-0.05, 0) is 41.3 Å². The fraction of sp³-hybridized carbons (Fsp3) is 0.474. The summed E-state index contributed by atoms with van der Waals surface area (Å²) < 4.78 is 1.91. The molecule has 1 saturated carbocycles. The Bertz CT molecular complexity index is 898. The van der Waals surface area contributed by atoms with Crippen LogP contribution in [0.3, 0.4) is 0 Å². The second-order valence-corrected chi connectivity index (χ2v) is 7.89. The molecule has 2 heterocycles. The van der Waals surface area contributed by atoms with Gasteiger partial charge in [0.05, 0.1) is 11.8 Å². The Hall–Kier alpha value is -2.35. The summed E-state index contributed by atoms with van der Waals surface area (Å²) in [6.07, 6.45) is 8.81. The predicted molar refractivity (Wildman–Crippen MR) is 106 cm³/mol. The van der Waals surface area contributed by atoms with Crippen LogP contribution in [0.2, 0.25) is 0 Å². The first-order valence-electron chi connectivity index (χ1n) is 9.53. The number of rotatable bonds is 7. The van der Waals surface area contributed by atoms with Gasteiger partial charge in [0, 0.05) is 23.6 Å². The van der Waals surface area contributed by atoms with Crippen molar-refractivity contribution < 1.29 is 4.79 Å². The molecule has 1 aliphatic carbocycles. The topological polar surface area (TPSA) is 88.5 Å². The lowest BCUT2D eigenvalue weighted by Gasteiger charge is -2.21. The lowest BCUT2D eigenvalue weighted by Crippen LogP contribution is -2.27. The van der Waals surface area contributed by atoms with Crippen LogP contribution in [0.4, 0.5) is 0 Å². The molecule has 142 valence electrons. The van der Waals surface area contributed by atoms with E-state index in [0.29, 0.717) is 18.3 Å². The number of aromatic nitrogens is 5. The molecule has 1 aliphatic rings. The number of nitrogens with zero attached hydrogens (tertiary/aromatic N) is 4. The maximum Gasteiger partial charge on any atom is 0.230 e. The summed E-state index contributed by atoms with van der Waals surface area (Å²) in [6.45, 7) is 0.620. The molecule has 0 unspecified atom stereocenters. The Kier molecular flexibility index (Phi) is 5.72. The minimum Gasteiger partial charge on any atom is -0.361 e. The van der Waals surface area contributed by atoms with Crippen LogP contribution in [-0.4, -0.2) is 43.4 Å². The van der Waals surface area contributed by atoms with Crippen molar-refractivity contribution in [2.45, 2.75) is 49.7 Å². The number of carbonyl (C=O) groups excluding carboxylic acids is 1. The SMILES string of the molecule is O=C(CSc1nnnn1C1CCCCC1)NCCc1c[nH]c2ccccc12. The summed E-state index contributed by atoms with van der Waals surface area (Å²) in [7, 11) is 0. The van der Waals surface area contributed by atoms with Crippen LogP contribution < -0.4 is 5.32 Å². The zero-order chi connectivity index (χ0) is 18.5. The van der Waals surface area contributed by atoms with Crippen molar-refractivity contribution in [1.29, 1.82) is 0 Å².